The van der Waals surface area contributed by atoms with Gasteiger partial charge in [-0.15, -0.1) is 13.2 Å². The number of fused-ring (bicyclic) bond motifs is 1. The fraction of sp³-hybridized carbons (Fsp3) is 0.429. The highest BCUT2D eigenvalue weighted by Crippen LogP contribution is 2.19. The molecule has 0 bridgehead atoms. The van der Waals surface area contributed by atoms with Gasteiger partial charge in [0.25, 0.3) is 0 Å². The summed E-state index contributed by atoms with van der Waals surface area (Å²) in [5.74, 6) is 0.163. The Labute approximate surface area is 124 Å². The van der Waals surface area contributed by atoms with Gasteiger partial charge >= 0.3 is 6.36 Å². The molecular weight excluding hydrogens is 301 g/mol. The van der Waals surface area contributed by atoms with E-state index < -0.39 is 13.0 Å². The lowest BCUT2D eigenvalue weighted by Gasteiger charge is -2.09. The molecule has 0 fully saturated rings. The quantitative estimate of drug-likeness (QED) is 0.607. The van der Waals surface area contributed by atoms with Crippen LogP contribution in [-0.4, -0.2) is 35.0 Å². The Balaban J connectivity index is 2.04. The number of Topliss-reactive ketones (excluding diaryl/α,β-unsaturated/α-hetero) is 1. The molecule has 0 spiro atoms. The lowest BCUT2D eigenvalue weighted by atomic mass is 10.0. The van der Waals surface area contributed by atoms with E-state index in [2.05, 4.69) is 9.84 Å². The average molecular weight is 316 g/mol. The molecule has 0 N–H and O–H groups in total. The summed E-state index contributed by atoms with van der Waals surface area (Å²) < 4.78 is 45.6. The van der Waals surface area contributed by atoms with Crippen molar-refractivity contribution >= 4 is 11.3 Å². The Hall–Kier alpha value is -2.09. The summed E-state index contributed by atoms with van der Waals surface area (Å²) in [4.78, 5) is 12.0. The van der Waals surface area contributed by atoms with Crippen LogP contribution in [0.3, 0.4) is 0 Å². The van der Waals surface area contributed by atoms with Gasteiger partial charge < -0.3 is 4.74 Å². The van der Waals surface area contributed by atoms with Crippen molar-refractivity contribution in [1.29, 1.82) is 0 Å². The molecule has 0 aromatic carbocycles. The van der Waals surface area contributed by atoms with Crippen LogP contribution in [0.2, 0.25) is 0 Å². The SMILES string of the molecule is CC(C)C(=O)c1cnn2cc(OCCOC(F)(F)F)ccc12. The van der Waals surface area contributed by atoms with Gasteiger partial charge in [-0.05, 0) is 12.1 Å². The van der Waals surface area contributed by atoms with Crippen LogP contribution in [-0.2, 0) is 4.74 Å². The van der Waals surface area contributed by atoms with Crippen LogP contribution in [0.4, 0.5) is 13.2 Å². The molecule has 22 heavy (non-hydrogen) atoms. The number of ether oxygens (including phenoxy) is 2. The Morgan fingerprint density at radius 3 is 2.68 bits per heavy atom. The van der Waals surface area contributed by atoms with E-state index in [-0.39, 0.29) is 18.3 Å². The number of hydrogen-bond donors (Lipinski definition) is 0. The van der Waals surface area contributed by atoms with Crippen molar-refractivity contribution in [2.24, 2.45) is 5.92 Å². The molecule has 2 aromatic heterocycles. The molecule has 5 nitrogen and oxygen atoms in total. The lowest BCUT2D eigenvalue weighted by Crippen LogP contribution is -2.18. The number of hydrogen-bond acceptors (Lipinski definition) is 4. The Morgan fingerprint density at radius 1 is 1.32 bits per heavy atom. The number of pyridine rings is 1. The van der Waals surface area contributed by atoms with E-state index in [0.29, 0.717) is 16.8 Å². The molecule has 0 unspecified atom stereocenters. The second kappa shape index (κ2) is 6.35. The molecule has 0 saturated heterocycles. The molecule has 120 valence electrons. The number of aromatic nitrogens is 2. The topological polar surface area (TPSA) is 52.8 Å². The van der Waals surface area contributed by atoms with Gasteiger partial charge in [0.1, 0.15) is 12.4 Å². The largest absolute Gasteiger partial charge is 0.522 e. The third-order valence-corrected chi connectivity index (χ3v) is 2.90. The van der Waals surface area contributed by atoms with Gasteiger partial charge in [0, 0.05) is 5.92 Å². The summed E-state index contributed by atoms with van der Waals surface area (Å²) >= 11 is 0. The first-order valence-corrected chi connectivity index (χ1v) is 6.63. The van der Waals surface area contributed by atoms with E-state index in [9.17, 15) is 18.0 Å². The molecule has 2 rings (SSSR count). The van der Waals surface area contributed by atoms with Crippen LogP contribution >= 0.6 is 0 Å². The molecule has 0 atom stereocenters. The predicted octanol–water partition coefficient (Wildman–Crippen LogP) is 3.09. The summed E-state index contributed by atoms with van der Waals surface area (Å²) in [6, 6.07) is 3.21. The zero-order chi connectivity index (χ0) is 16.3. The maximum atomic E-state index is 12.0. The highest BCUT2D eigenvalue weighted by atomic mass is 19.4. The molecule has 0 aliphatic heterocycles. The summed E-state index contributed by atoms with van der Waals surface area (Å²) in [5, 5.41) is 4.05. The van der Waals surface area contributed by atoms with E-state index in [0.717, 1.165) is 0 Å². The summed E-state index contributed by atoms with van der Waals surface area (Å²) in [6.45, 7) is 2.75. The molecule has 0 amide bonds. The van der Waals surface area contributed by atoms with Gasteiger partial charge in [0.15, 0.2) is 5.78 Å². The van der Waals surface area contributed by atoms with Crippen molar-refractivity contribution in [1.82, 2.24) is 9.61 Å². The maximum Gasteiger partial charge on any atom is 0.522 e. The number of ketones is 1. The molecular formula is C14H15F3N2O3. The molecule has 8 heteroatoms. The Bertz CT molecular complexity index is 665. The first kappa shape index (κ1) is 16.3. The highest BCUT2D eigenvalue weighted by molar-refractivity contribution is 6.03. The third-order valence-electron chi connectivity index (χ3n) is 2.90. The fourth-order valence-corrected chi connectivity index (χ4v) is 1.87. The van der Waals surface area contributed by atoms with Crippen LogP contribution < -0.4 is 4.74 Å². The number of halogens is 3. The van der Waals surface area contributed by atoms with Gasteiger partial charge in [-0.2, -0.15) is 5.10 Å². The minimum Gasteiger partial charge on any atom is -0.490 e. The minimum atomic E-state index is -4.67. The average Bonchev–Trinajstić information content (AvgIpc) is 2.84. The number of nitrogens with zero attached hydrogens (tertiary/aromatic N) is 2. The molecule has 0 radical (unpaired) electrons. The molecule has 0 aliphatic carbocycles. The number of carbonyl (C=O) groups excluding carboxylic acids is 1. The van der Waals surface area contributed by atoms with Crippen molar-refractivity contribution in [2.75, 3.05) is 13.2 Å². The Kier molecular flexibility index (Phi) is 4.70. The van der Waals surface area contributed by atoms with E-state index in [1.165, 1.54) is 16.9 Å². The second-order valence-corrected chi connectivity index (χ2v) is 4.91. The van der Waals surface area contributed by atoms with Gasteiger partial charge in [-0.1, -0.05) is 13.8 Å². The first-order valence-electron chi connectivity index (χ1n) is 6.63. The third kappa shape index (κ3) is 3.97. The van der Waals surface area contributed by atoms with Crippen LogP contribution in [0.25, 0.3) is 5.52 Å². The zero-order valence-electron chi connectivity index (χ0n) is 12.1. The monoisotopic (exact) mass is 316 g/mol. The van der Waals surface area contributed by atoms with E-state index in [4.69, 9.17) is 4.74 Å². The van der Waals surface area contributed by atoms with Gasteiger partial charge in [0.2, 0.25) is 0 Å². The molecule has 0 aliphatic rings. The van der Waals surface area contributed by atoms with Gasteiger partial charge in [-0.3, -0.25) is 9.53 Å². The molecule has 0 saturated carbocycles. The van der Waals surface area contributed by atoms with Gasteiger partial charge in [0.05, 0.1) is 30.1 Å². The van der Waals surface area contributed by atoms with Crippen molar-refractivity contribution in [3.63, 3.8) is 0 Å². The van der Waals surface area contributed by atoms with Crippen molar-refractivity contribution in [3.8, 4) is 5.75 Å². The van der Waals surface area contributed by atoms with Gasteiger partial charge in [-0.25, -0.2) is 4.52 Å². The number of carbonyl (C=O) groups is 1. The van der Waals surface area contributed by atoms with Crippen LogP contribution in [0.1, 0.15) is 24.2 Å². The van der Waals surface area contributed by atoms with E-state index in [1.807, 2.05) is 0 Å². The highest BCUT2D eigenvalue weighted by Gasteiger charge is 2.28. The smallest absolute Gasteiger partial charge is 0.490 e. The van der Waals surface area contributed by atoms with Crippen LogP contribution in [0, 0.1) is 5.92 Å². The standard InChI is InChI=1S/C14H15F3N2O3/c1-9(2)13(20)11-7-18-19-8-10(3-4-12(11)19)21-5-6-22-14(15,16)17/h3-4,7-9H,5-6H2,1-2H3. The van der Waals surface area contributed by atoms with Crippen molar-refractivity contribution in [2.45, 2.75) is 20.2 Å². The number of alkyl halides is 3. The molecule has 2 heterocycles. The minimum absolute atomic E-state index is 0.0257. The summed E-state index contributed by atoms with van der Waals surface area (Å²) in [7, 11) is 0. The van der Waals surface area contributed by atoms with Crippen LogP contribution in [0.5, 0.6) is 5.75 Å². The second-order valence-electron chi connectivity index (χ2n) is 4.91. The van der Waals surface area contributed by atoms with Crippen LogP contribution in [0.15, 0.2) is 24.5 Å². The maximum absolute atomic E-state index is 12.0. The summed E-state index contributed by atoms with van der Waals surface area (Å²) in [5.41, 5.74) is 1.12. The summed E-state index contributed by atoms with van der Waals surface area (Å²) in [6.07, 6.45) is -1.70. The van der Waals surface area contributed by atoms with E-state index in [1.54, 1.807) is 26.0 Å². The Morgan fingerprint density at radius 2 is 2.05 bits per heavy atom. The fourth-order valence-electron chi connectivity index (χ4n) is 1.87. The first-order chi connectivity index (χ1) is 10.3. The zero-order valence-corrected chi connectivity index (χ0v) is 12.1. The van der Waals surface area contributed by atoms with Crippen molar-refractivity contribution < 1.29 is 27.4 Å². The predicted molar refractivity (Wildman–Crippen MR) is 71.9 cm³/mol. The normalized spacial score (nSPS) is 12.1. The number of rotatable bonds is 6. The molecule has 2 aromatic rings. The van der Waals surface area contributed by atoms with Crippen molar-refractivity contribution in [3.05, 3.63) is 30.1 Å². The van der Waals surface area contributed by atoms with E-state index >= 15 is 0 Å². The lowest BCUT2D eigenvalue weighted by molar-refractivity contribution is -0.325.